The Kier molecular flexibility index (Phi) is 3.49. The molecule has 116 valence electrons. The number of imidazole rings is 1. The highest BCUT2D eigenvalue weighted by Crippen LogP contribution is 2.43. The Bertz CT molecular complexity index is 673. The van der Waals surface area contributed by atoms with Crippen LogP contribution in [0.25, 0.3) is 11.3 Å². The van der Waals surface area contributed by atoms with Crippen LogP contribution in [0.4, 0.5) is 4.39 Å². The second kappa shape index (κ2) is 5.51. The molecule has 2 aliphatic rings. The fourth-order valence-electron chi connectivity index (χ4n) is 4.11. The fourth-order valence-corrected chi connectivity index (χ4v) is 4.11. The minimum absolute atomic E-state index is 0.0700. The lowest BCUT2D eigenvalue weighted by Crippen LogP contribution is -2.19. The lowest BCUT2D eigenvalue weighted by molar-refractivity contribution is 0.105. The van der Waals surface area contributed by atoms with Crippen LogP contribution >= 0.6 is 0 Å². The minimum Gasteiger partial charge on any atom is -0.393 e. The molecule has 1 fully saturated rings. The standard InChI is InChI=1S/C18H21FN2O/c19-15-3-1-2-14-17-10-20-11-21(17)16(18(14)15)9-6-12-4-7-13(22)8-5-12/h1-3,10-13,16,22H,4-9H2. The molecule has 0 saturated heterocycles. The molecule has 2 heterocycles. The molecule has 1 N–H and O–H groups in total. The van der Waals surface area contributed by atoms with Gasteiger partial charge in [-0.15, -0.1) is 0 Å². The maximum atomic E-state index is 14.3. The van der Waals surface area contributed by atoms with Crippen molar-refractivity contribution in [2.75, 3.05) is 0 Å². The first kappa shape index (κ1) is 13.9. The summed E-state index contributed by atoms with van der Waals surface area (Å²) in [5.74, 6) is 0.552. The van der Waals surface area contributed by atoms with Gasteiger partial charge in [0, 0.05) is 11.1 Å². The molecule has 1 aromatic heterocycles. The van der Waals surface area contributed by atoms with E-state index in [0.29, 0.717) is 5.92 Å². The van der Waals surface area contributed by atoms with E-state index in [0.717, 1.165) is 55.3 Å². The summed E-state index contributed by atoms with van der Waals surface area (Å²) in [5.41, 5.74) is 2.84. The first-order chi connectivity index (χ1) is 10.7. The Hall–Kier alpha value is -1.68. The van der Waals surface area contributed by atoms with Crippen LogP contribution in [0, 0.1) is 11.7 Å². The SMILES string of the molecule is OC1CCC(CCC2c3c(F)cccc3-c3cncn32)CC1. The Balaban J connectivity index is 1.55. The molecule has 0 amide bonds. The van der Waals surface area contributed by atoms with E-state index in [2.05, 4.69) is 9.55 Å². The molecule has 1 aliphatic carbocycles. The van der Waals surface area contributed by atoms with Crippen molar-refractivity contribution in [2.45, 2.75) is 50.7 Å². The first-order valence-electron chi connectivity index (χ1n) is 8.22. The smallest absolute Gasteiger partial charge is 0.129 e. The number of aliphatic hydroxyl groups excluding tert-OH is 1. The topological polar surface area (TPSA) is 38.1 Å². The summed E-state index contributed by atoms with van der Waals surface area (Å²) in [7, 11) is 0. The van der Waals surface area contributed by atoms with Crippen molar-refractivity contribution in [1.82, 2.24) is 9.55 Å². The second-order valence-electron chi connectivity index (χ2n) is 6.65. The number of fused-ring (bicyclic) bond motifs is 3. The van der Waals surface area contributed by atoms with Gasteiger partial charge in [-0.2, -0.15) is 0 Å². The molecule has 1 saturated carbocycles. The molecule has 1 aromatic carbocycles. The molecule has 4 rings (SSSR count). The summed E-state index contributed by atoms with van der Waals surface area (Å²) in [4.78, 5) is 4.23. The van der Waals surface area contributed by atoms with Crippen molar-refractivity contribution in [1.29, 1.82) is 0 Å². The van der Waals surface area contributed by atoms with E-state index in [1.165, 1.54) is 0 Å². The Morgan fingerprint density at radius 1 is 1.18 bits per heavy atom. The Morgan fingerprint density at radius 2 is 2.00 bits per heavy atom. The highest BCUT2D eigenvalue weighted by molar-refractivity contribution is 5.69. The quantitative estimate of drug-likeness (QED) is 0.933. The average molecular weight is 300 g/mol. The zero-order valence-electron chi connectivity index (χ0n) is 12.6. The average Bonchev–Trinajstić information content (AvgIpc) is 3.09. The molecule has 4 heteroatoms. The number of rotatable bonds is 3. The van der Waals surface area contributed by atoms with Crippen LogP contribution in [-0.2, 0) is 0 Å². The normalized spacial score (nSPS) is 26.7. The van der Waals surface area contributed by atoms with E-state index in [9.17, 15) is 9.50 Å². The second-order valence-corrected chi connectivity index (χ2v) is 6.65. The van der Waals surface area contributed by atoms with Crippen LogP contribution in [-0.4, -0.2) is 20.8 Å². The van der Waals surface area contributed by atoms with Gasteiger partial charge in [-0.3, -0.25) is 0 Å². The minimum atomic E-state index is -0.110. The highest BCUT2D eigenvalue weighted by Gasteiger charge is 2.31. The number of aromatic nitrogens is 2. The van der Waals surface area contributed by atoms with Gasteiger partial charge in [0.25, 0.3) is 0 Å². The highest BCUT2D eigenvalue weighted by atomic mass is 19.1. The van der Waals surface area contributed by atoms with Crippen molar-refractivity contribution < 1.29 is 9.50 Å². The van der Waals surface area contributed by atoms with Crippen LogP contribution in [0.1, 0.15) is 50.1 Å². The molecule has 22 heavy (non-hydrogen) atoms. The largest absolute Gasteiger partial charge is 0.393 e. The van der Waals surface area contributed by atoms with Crippen LogP contribution in [0.5, 0.6) is 0 Å². The molecule has 1 aliphatic heterocycles. The number of halogens is 1. The molecular formula is C18H21FN2O. The van der Waals surface area contributed by atoms with Crippen LogP contribution in [0.3, 0.4) is 0 Å². The Morgan fingerprint density at radius 3 is 2.82 bits per heavy atom. The van der Waals surface area contributed by atoms with Gasteiger partial charge in [-0.1, -0.05) is 12.1 Å². The van der Waals surface area contributed by atoms with Crippen LogP contribution < -0.4 is 0 Å². The van der Waals surface area contributed by atoms with E-state index in [4.69, 9.17) is 0 Å². The molecule has 3 nitrogen and oxygen atoms in total. The zero-order valence-corrected chi connectivity index (χ0v) is 12.6. The van der Waals surface area contributed by atoms with Crippen molar-refractivity contribution in [2.24, 2.45) is 5.92 Å². The number of aliphatic hydroxyl groups is 1. The molecule has 1 unspecified atom stereocenters. The van der Waals surface area contributed by atoms with E-state index in [1.54, 1.807) is 12.1 Å². The summed E-state index contributed by atoms with van der Waals surface area (Å²) >= 11 is 0. The van der Waals surface area contributed by atoms with E-state index in [-0.39, 0.29) is 18.0 Å². The van der Waals surface area contributed by atoms with E-state index < -0.39 is 0 Å². The Labute approximate surface area is 129 Å². The predicted molar refractivity (Wildman–Crippen MR) is 83.0 cm³/mol. The molecule has 0 spiro atoms. The van der Waals surface area contributed by atoms with Gasteiger partial charge in [-0.25, -0.2) is 9.37 Å². The number of hydrogen-bond donors (Lipinski definition) is 1. The number of nitrogens with zero attached hydrogens (tertiary/aromatic N) is 2. The van der Waals surface area contributed by atoms with Crippen LogP contribution in [0.15, 0.2) is 30.7 Å². The van der Waals surface area contributed by atoms with Gasteiger partial charge in [0.1, 0.15) is 5.82 Å². The zero-order chi connectivity index (χ0) is 15.1. The number of benzene rings is 1. The monoisotopic (exact) mass is 300 g/mol. The molecular weight excluding hydrogens is 279 g/mol. The van der Waals surface area contributed by atoms with Crippen molar-refractivity contribution in [3.8, 4) is 11.3 Å². The third-order valence-corrected chi connectivity index (χ3v) is 5.33. The third-order valence-electron chi connectivity index (χ3n) is 5.33. The molecule has 0 radical (unpaired) electrons. The maximum Gasteiger partial charge on any atom is 0.129 e. The summed E-state index contributed by atoms with van der Waals surface area (Å²) in [6.07, 6.45) is 9.58. The maximum absolute atomic E-state index is 14.3. The third kappa shape index (κ3) is 2.26. The van der Waals surface area contributed by atoms with Gasteiger partial charge < -0.3 is 9.67 Å². The van der Waals surface area contributed by atoms with E-state index in [1.807, 2.05) is 18.6 Å². The molecule has 2 aromatic rings. The summed E-state index contributed by atoms with van der Waals surface area (Å²) in [6.45, 7) is 0. The van der Waals surface area contributed by atoms with Gasteiger partial charge in [-0.05, 0) is 50.5 Å². The van der Waals surface area contributed by atoms with Gasteiger partial charge in [0.15, 0.2) is 0 Å². The van der Waals surface area contributed by atoms with Gasteiger partial charge >= 0.3 is 0 Å². The lowest BCUT2D eigenvalue weighted by atomic mass is 9.83. The molecule has 1 atom stereocenters. The van der Waals surface area contributed by atoms with Crippen LogP contribution in [0.2, 0.25) is 0 Å². The summed E-state index contributed by atoms with van der Waals surface area (Å²) < 4.78 is 16.4. The molecule has 0 bridgehead atoms. The van der Waals surface area contributed by atoms with Gasteiger partial charge in [0.05, 0.1) is 30.4 Å². The van der Waals surface area contributed by atoms with E-state index >= 15 is 0 Å². The summed E-state index contributed by atoms with van der Waals surface area (Å²) in [5, 5.41) is 9.61. The first-order valence-corrected chi connectivity index (χ1v) is 8.22. The lowest BCUT2D eigenvalue weighted by Gasteiger charge is -2.26. The number of hydrogen-bond acceptors (Lipinski definition) is 2. The van der Waals surface area contributed by atoms with Crippen molar-refractivity contribution in [3.05, 3.63) is 42.1 Å². The summed E-state index contributed by atoms with van der Waals surface area (Å²) in [6, 6.07) is 5.39. The predicted octanol–water partition coefficient (Wildman–Crippen LogP) is 3.92. The van der Waals surface area contributed by atoms with Crippen molar-refractivity contribution >= 4 is 0 Å². The van der Waals surface area contributed by atoms with Crippen molar-refractivity contribution in [3.63, 3.8) is 0 Å². The fraction of sp³-hybridized carbons (Fsp3) is 0.500. The van der Waals surface area contributed by atoms with Gasteiger partial charge in [0.2, 0.25) is 0 Å².